The van der Waals surface area contributed by atoms with E-state index in [1.807, 2.05) is 24.0 Å². The Kier molecular flexibility index (Phi) is 5.19. The van der Waals surface area contributed by atoms with Crippen molar-refractivity contribution in [2.75, 3.05) is 13.1 Å². The molecule has 1 aromatic carbocycles. The van der Waals surface area contributed by atoms with Gasteiger partial charge < -0.3 is 9.32 Å². The molecule has 1 aliphatic heterocycles. The maximum atomic E-state index is 13.9. The molecule has 1 fully saturated rings. The lowest BCUT2D eigenvalue weighted by molar-refractivity contribution is 0.0691. The van der Waals surface area contributed by atoms with E-state index in [2.05, 4.69) is 9.97 Å². The number of piperidine rings is 1. The molecule has 0 radical (unpaired) electrons. The summed E-state index contributed by atoms with van der Waals surface area (Å²) in [6.45, 7) is 3.13. The lowest BCUT2D eigenvalue weighted by Crippen LogP contribution is -2.39. The fourth-order valence-electron chi connectivity index (χ4n) is 3.61. The van der Waals surface area contributed by atoms with E-state index in [4.69, 9.17) is 4.42 Å². The smallest absolute Gasteiger partial charge is 0.272 e. The van der Waals surface area contributed by atoms with Gasteiger partial charge in [-0.3, -0.25) is 4.79 Å². The number of carbonyl (C=O) groups excluding carboxylic acids is 1. The standard InChI is InChI=1S/C22H22FN3O2/c1-15-6-4-10-20(25-15)22(27)26-11-5-8-17(14-26)21-24-13-18(28-21)12-16-7-2-3-9-19(16)23/h2-4,6-7,9-10,13,17H,5,8,11-12,14H2,1H3/t17-/m0/s1. The molecule has 5 nitrogen and oxygen atoms in total. The van der Waals surface area contributed by atoms with Gasteiger partial charge in [-0.2, -0.15) is 0 Å². The zero-order chi connectivity index (χ0) is 19.5. The minimum Gasteiger partial charge on any atom is -0.445 e. The summed E-state index contributed by atoms with van der Waals surface area (Å²) >= 11 is 0. The number of halogens is 1. The molecule has 4 rings (SSSR count). The van der Waals surface area contributed by atoms with E-state index in [1.165, 1.54) is 6.07 Å². The second-order valence-corrected chi connectivity index (χ2v) is 7.19. The van der Waals surface area contributed by atoms with E-state index in [1.54, 1.807) is 30.5 Å². The van der Waals surface area contributed by atoms with Gasteiger partial charge in [0, 0.05) is 25.2 Å². The van der Waals surface area contributed by atoms with Crippen LogP contribution in [0.5, 0.6) is 0 Å². The lowest BCUT2D eigenvalue weighted by Gasteiger charge is -2.31. The normalized spacial score (nSPS) is 16.9. The second kappa shape index (κ2) is 7.92. The minimum atomic E-state index is -0.249. The van der Waals surface area contributed by atoms with E-state index in [0.29, 0.717) is 42.4 Å². The van der Waals surface area contributed by atoms with Gasteiger partial charge in [-0.05, 0) is 43.5 Å². The molecule has 1 aliphatic rings. The van der Waals surface area contributed by atoms with Crippen LogP contribution in [0.4, 0.5) is 4.39 Å². The van der Waals surface area contributed by atoms with Gasteiger partial charge in [-0.15, -0.1) is 0 Å². The Labute approximate surface area is 163 Å². The number of hydrogen-bond donors (Lipinski definition) is 0. The predicted octanol–water partition coefficient (Wildman–Crippen LogP) is 4.13. The molecule has 3 heterocycles. The van der Waals surface area contributed by atoms with Crippen LogP contribution in [0.2, 0.25) is 0 Å². The number of benzene rings is 1. The van der Waals surface area contributed by atoms with Crippen LogP contribution >= 0.6 is 0 Å². The average molecular weight is 379 g/mol. The lowest BCUT2D eigenvalue weighted by atomic mass is 9.97. The monoisotopic (exact) mass is 379 g/mol. The number of carbonyl (C=O) groups is 1. The number of amides is 1. The van der Waals surface area contributed by atoms with Gasteiger partial charge in [0.05, 0.1) is 12.1 Å². The number of oxazole rings is 1. The summed E-state index contributed by atoms with van der Waals surface area (Å²) in [7, 11) is 0. The molecule has 0 bridgehead atoms. The summed E-state index contributed by atoms with van der Waals surface area (Å²) in [6, 6.07) is 12.1. The van der Waals surface area contributed by atoms with Gasteiger partial charge in [-0.25, -0.2) is 14.4 Å². The fraction of sp³-hybridized carbons (Fsp3) is 0.318. The van der Waals surface area contributed by atoms with Crippen LogP contribution in [0.1, 0.15) is 52.2 Å². The Morgan fingerprint density at radius 2 is 2.11 bits per heavy atom. The Balaban J connectivity index is 1.46. The molecule has 1 saturated heterocycles. The molecule has 28 heavy (non-hydrogen) atoms. The van der Waals surface area contributed by atoms with Crippen LogP contribution < -0.4 is 0 Å². The molecule has 0 spiro atoms. The van der Waals surface area contributed by atoms with Crippen molar-refractivity contribution in [3.05, 3.63) is 83.1 Å². The van der Waals surface area contributed by atoms with Crippen molar-refractivity contribution in [3.8, 4) is 0 Å². The van der Waals surface area contributed by atoms with Gasteiger partial charge in [0.15, 0.2) is 5.89 Å². The molecule has 1 atom stereocenters. The zero-order valence-electron chi connectivity index (χ0n) is 15.8. The minimum absolute atomic E-state index is 0.0388. The van der Waals surface area contributed by atoms with Crippen LogP contribution in [-0.4, -0.2) is 33.9 Å². The molecular formula is C22H22FN3O2. The van der Waals surface area contributed by atoms with Crippen molar-refractivity contribution in [1.29, 1.82) is 0 Å². The second-order valence-electron chi connectivity index (χ2n) is 7.19. The molecule has 0 unspecified atom stereocenters. The van der Waals surface area contributed by atoms with Crippen LogP contribution in [0.15, 0.2) is 53.1 Å². The topological polar surface area (TPSA) is 59.2 Å². The largest absolute Gasteiger partial charge is 0.445 e. The Morgan fingerprint density at radius 1 is 1.25 bits per heavy atom. The number of nitrogens with zero attached hydrogens (tertiary/aromatic N) is 3. The van der Waals surface area contributed by atoms with E-state index in [-0.39, 0.29) is 17.6 Å². The van der Waals surface area contributed by atoms with Crippen LogP contribution in [-0.2, 0) is 6.42 Å². The molecule has 0 saturated carbocycles. The van der Waals surface area contributed by atoms with Gasteiger partial charge in [0.1, 0.15) is 17.3 Å². The summed E-state index contributed by atoms with van der Waals surface area (Å²) in [5.41, 5.74) is 1.87. The first kappa shape index (κ1) is 18.3. The van der Waals surface area contributed by atoms with Crippen molar-refractivity contribution < 1.29 is 13.6 Å². The maximum Gasteiger partial charge on any atom is 0.272 e. The van der Waals surface area contributed by atoms with E-state index in [9.17, 15) is 9.18 Å². The SMILES string of the molecule is Cc1cccc(C(=O)N2CCC[C@H](c3ncc(Cc4ccccc4F)o3)C2)n1. The molecule has 2 aromatic heterocycles. The highest BCUT2D eigenvalue weighted by atomic mass is 19.1. The van der Waals surface area contributed by atoms with Gasteiger partial charge in [-0.1, -0.05) is 24.3 Å². The third-order valence-corrected chi connectivity index (χ3v) is 5.06. The summed E-state index contributed by atoms with van der Waals surface area (Å²) in [6.07, 6.45) is 3.81. The van der Waals surface area contributed by atoms with E-state index < -0.39 is 0 Å². The predicted molar refractivity (Wildman–Crippen MR) is 103 cm³/mol. The van der Waals surface area contributed by atoms with E-state index in [0.717, 1.165) is 18.5 Å². The first-order chi connectivity index (χ1) is 13.6. The number of rotatable bonds is 4. The van der Waals surface area contributed by atoms with Crippen LogP contribution in [0, 0.1) is 12.7 Å². The highest BCUT2D eigenvalue weighted by Gasteiger charge is 2.29. The molecule has 6 heteroatoms. The van der Waals surface area contributed by atoms with Crippen molar-refractivity contribution in [3.63, 3.8) is 0 Å². The molecular weight excluding hydrogens is 357 g/mol. The molecule has 0 aliphatic carbocycles. The number of aryl methyl sites for hydroxylation is 1. The fourth-order valence-corrected chi connectivity index (χ4v) is 3.61. The summed E-state index contributed by atoms with van der Waals surface area (Å²) in [5.74, 6) is 0.967. The Hall–Kier alpha value is -3.02. The van der Waals surface area contributed by atoms with Crippen molar-refractivity contribution >= 4 is 5.91 Å². The van der Waals surface area contributed by atoms with Gasteiger partial charge >= 0.3 is 0 Å². The molecule has 3 aromatic rings. The highest BCUT2D eigenvalue weighted by molar-refractivity contribution is 5.92. The molecule has 144 valence electrons. The third-order valence-electron chi connectivity index (χ3n) is 5.06. The van der Waals surface area contributed by atoms with Crippen molar-refractivity contribution in [2.24, 2.45) is 0 Å². The third kappa shape index (κ3) is 3.96. The highest BCUT2D eigenvalue weighted by Crippen LogP contribution is 2.28. The Morgan fingerprint density at radius 3 is 2.93 bits per heavy atom. The maximum absolute atomic E-state index is 13.9. The first-order valence-corrected chi connectivity index (χ1v) is 9.51. The molecule has 0 N–H and O–H groups in total. The van der Waals surface area contributed by atoms with Crippen LogP contribution in [0.25, 0.3) is 0 Å². The Bertz CT molecular complexity index is 985. The molecule has 1 amide bonds. The van der Waals surface area contributed by atoms with Gasteiger partial charge in [0.2, 0.25) is 0 Å². The number of pyridine rings is 1. The number of hydrogen-bond acceptors (Lipinski definition) is 4. The number of aromatic nitrogens is 2. The van der Waals surface area contributed by atoms with Gasteiger partial charge in [0.25, 0.3) is 5.91 Å². The average Bonchev–Trinajstić information content (AvgIpc) is 3.18. The summed E-state index contributed by atoms with van der Waals surface area (Å²) < 4.78 is 19.8. The quantitative estimate of drug-likeness (QED) is 0.684. The van der Waals surface area contributed by atoms with Crippen molar-refractivity contribution in [1.82, 2.24) is 14.9 Å². The number of likely N-dealkylation sites (tertiary alicyclic amines) is 1. The summed E-state index contributed by atoms with van der Waals surface area (Å²) in [5, 5.41) is 0. The zero-order valence-corrected chi connectivity index (χ0v) is 15.8. The van der Waals surface area contributed by atoms with Crippen molar-refractivity contribution in [2.45, 2.75) is 32.1 Å². The van der Waals surface area contributed by atoms with Crippen LogP contribution in [0.3, 0.4) is 0 Å². The summed E-state index contributed by atoms with van der Waals surface area (Å²) in [4.78, 5) is 23.3. The first-order valence-electron chi connectivity index (χ1n) is 9.51. The van der Waals surface area contributed by atoms with E-state index >= 15 is 0 Å².